The standard InChI is InChI=1S/C19H30ClN3O3SSi/c1-13-14(20)10-15-17(21-13)22-18(27-11-16(24)26-19(2,3)4)23(15)12-25-8-9-28(5,6)7/h10H,8-9,11-12H2,1-7H3. The van der Waals surface area contributed by atoms with E-state index in [1.165, 1.54) is 11.8 Å². The summed E-state index contributed by atoms with van der Waals surface area (Å²) in [5, 5.41) is 1.25. The van der Waals surface area contributed by atoms with Gasteiger partial charge in [0.15, 0.2) is 10.8 Å². The molecule has 9 heteroatoms. The summed E-state index contributed by atoms with van der Waals surface area (Å²) < 4.78 is 13.2. The third-order valence-corrected chi connectivity index (χ3v) is 6.83. The van der Waals surface area contributed by atoms with Crippen LogP contribution in [0.15, 0.2) is 11.2 Å². The Morgan fingerprint density at radius 3 is 2.57 bits per heavy atom. The number of rotatable bonds is 8. The number of thioether (sulfide) groups is 1. The summed E-state index contributed by atoms with van der Waals surface area (Å²) >= 11 is 7.59. The molecule has 28 heavy (non-hydrogen) atoms. The normalized spacial score (nSPS) is 12.6. The fourth-order valence-corrected chi connectivity index (χ4v) is 4.02. The van der Waals surface area contributed by atoms with E-state index in [1.54, 1.807) is 0 Å². The highest BCUT2D eigenvalue weighted by Crippen LogP contribution is 2.27. The number of pyridine rings is 1. The lowest BCUT2D eigenvalue weighted by molar-refractivity contribution is -0.151. The van der Waals surface area contributed by atoms with Crippen molar-refractivity contribution in [1.29, 1.82) is 0 Å². The molecule has 0 spiro atoms. The number of nitrogens with zero attached hydrogens (tertiary/aromatic N) is 3. The number of ether oxygens (including phenoxy) is 2. The molecule has 0 saturated heterocycles. The van der Waals surface area contributed by atoms with E-state index < -0.39 is 13.7 Å². The monoisotopic (exact) mass is 443 g/mol. The van der Waals surface area contributed by atoms with Gasteiger partial charge in [0.05, 0.1) is 22.0 Å². The maximum atomic E-state index is 12.1. The minimum atomic E-state index is -1.17. The van der Waals surface area contributed by atoms with Gasteiger partial charge in [-0.1, -0.05) is 43.0 Å². The molecule has 0 saturated carbocycles. The zero-order valence-corrected chi connectivity index (χ0v) is 20.3. The SMILES string of the molecule is Cc1nc2nc(SCC(=O)OC(C)(C)C)n(COCC[Si](C)(C)C)c2cc1Cl. The van der Waals surface area contributed by atoms with Crippen LogP contribution in [0, 0.1) is 6.92 Å². The Kier molecular flexibility index (Phi) is 7.58. The number of hydrogen-bond acceptors (Lipinski definition) is 6. The highest BCUT2D eigenvalue weighted by Gasteiger charge is 2.20. The average Bonchev–Trinajstić information content (AvgIpc) is 2.84. The van der Waals surface area contributed by atoms with Crippen LogP contribution in [0.3, 0.4) is 0 Å². The van der Waals surface area contributed by atoms with Crippen molar-refractivity contribution < 1.29 is 14.3 Å². The molecular formula is C19H30ClN3O3SSi. The maximum absolute atomic E-state index is 12.1. The van der Waals surface area contributed by atoms with E-state index in [1.807, 2.05) is 38.3 Å². The Morgan fingerprint density at radius 1 is 1.29 bits per heavy atom. The molecule has 156 valence electrons. The van der Waals surface area contributed by atoms with E-state index in [4.69, 9.17) is 21.1 Å². The number of aryl methyl sites for hydroxylation is 1. The lowest BCUT2D eigenvalue weighted by atomic mass is 10.2. The first-order valence-electron chi connectivity index (χ1n) is 9.31. The molecule has 0 aliphatic rings. The molecule has 0 unspecified atom stereocenters. The predicted octanol–water partition coefficient (Wildman–Crippen LogP) is 5.14. The second-order valence-corrected chi connectivity index (χ2v) is 15.9. The Labute approximate surface area is 177 Å². The van der Waals surface area contributed by atoms with Gasteiger partial charge in [0.1, 0.15) is 12.3 Å². The van der Waals surface area contributed by atoms with Crippen LogP contribution in [0.25, 0.3) is 11.2 Å². The van der Waals surface area contributed by atoms with Crippen molar-refractivity contribution in [2.45, 2.75) is 70.9 Å². The van der Waals surface area contributed by atoms with E-state index >= 15 is 0 Å². The number of carbonyl (C=O) groups excluding carboxylic acids is 1. The first-order valence-corrected chi connectivity index (χ1v) is 14.4. The van der Waals surface area contributed by atoms with Crippen LogP contribution in [0.4, 0.5) is 0 Å². The molecule has 0 aromatic carbocycles. The van der Waals surface area contributed by atoms with Gasteiger partial charge in [-0.05, 0) is 39.8 Å². The minimum absolute atomic E-state index is 0.169. The number of hydrogen-bond donors (Lipinski definition) is 0. The molecular weight excluding hydrogens is 414 g/mol. The lowest BCUT2D eigenvalue weighted by Gasteiger charge is -2.19. The summed E-state index contributed by atoms with van der Waals surface area (Å²) in [6.07, 6.45) is 0. The maximum Gasteiger partial charge on any atom is 0.316 e. The molecule has 2 aromatic heterocycles. The molecule has 0 fully saturated rings. The average molecular weight is 444 g/mol. The number of aromatic nitrogens is 3. The number of esters is 1. The van der Waals surface area contributed by atoms with Crippen molar-refractivity contribution in [2.24, 2.45) is 0 Å². The van der Waals surface area contributed by atoms with Gasteiger partial charge in [-0.2, -0.15) is 0 Å². The molecule has 2 rings (SSSR count). The number of imidazole rings is 1. The summed E-state index contributed by atoms with van der Waals surface area (Å²) in [6, 6.07) is 2.93. The number of halogens is 1. The second-order valence-electron chi connectivity index (χ2n) is 8.94. The van der Waals surface area contributed by atoms with E-state index in [2.05, 4.69) is 29.6 Å². The first-order chi connectivity index (χ1) is 12.9. The topological polar surface area (TPSA) is 66.2 Å². The summed E-state index contributed by atoms with van der Waals surface area (Å²) in [7, 11) is -1.17. The van der Waals surface area contributed by atoms with Crippen molar-refractivity contribution >= 4 is 48.6 Å². The fraction of sp³-hybridized carbons (Fsp3) is 0.632. The molecule has 6 nitrogen and oxygen atoms in total. The van der Waals surface area contributed by atoms with Crippen molar-refractivity contribution in [3.8, 4) is 0 Å². The van der Waals surface area contributed by atoms with Crippen LogP contribution in [0.5, 0.6) is 0 Å². The van der Waals surface area contributed by atoms with Crippen LogP contribution in [-0.2, 0) is 21.0 Å². The van der Waals surface area contributed by atoms with Gasteiger partial charge in [-0.25, -0.2) is 9.97 Å². The Hall–Kier alpha value is -1.09. The van der Waals surface area contributed by atoms with Gasteiger partial charge in [-0.3, -0.25) is 9.36 Å². The van der Waals surface area contributed by atoms with Crippen molar-refractivity contribution in [3.05, 3.63) is 16.8 Å². The summed E-state index contributed by atoms with van der Waals surface area (Å²) in [4.78, 5) is 21.2. The molecule has 2 heterocycles. The Bertz CT molecular complexity index is 844. The molecule has 0 atom stereocenters. The minimum Gasteiger partial charge on any atom is -0.459 e. The Balaban J connectivity index is 2.19. The summed E-state index contributed by atoms with van der Waals surface area (Å²) in [6.45, 7) is 15.4. The Morgan fingerprint density at radius 2 is 1.96 bits per heavy atom. The third-order valence-electron chi connectivity index (χ3n) is 3.79. The van der Waals surface area contributed by atoms with Gasteiger partial charge in [-0.15, -0.1) is 0 Å². The van der Waals surface area contributed by atoms with E-state index in [9.17, 15) is 4.79 Å². The highest BCUT2D eigenvalue weighted by molar-refractivity contribution is 7.99. The van der Waals surface area contributed by atoms with Crippen LogP contribution in [-0.4, -0.2) is 46.5 Å². The molecule has 2 aromatic rings. The second kappa shape index (κ2) is 9.15. The van der Waals surface area contributed by atoms with Crippen molar-refractivity contribution in [2.75, 3.05) is 12.4 Å². The quantitative estimate of drug-likeness (QED) is 0.243. The molecule has 0 aliphatic carbocycles. The zero-order chi connectivity index (χ0) is 21.1. The molecule has 0 aliphatic heterocycles. The predicted molar refractivity (Wildman–Crippen MR) is 118 cm³/mol. The van der Waals surface area contributed by atoms with Gasteiger partial charge >= 0.3 is 5.97 Å². The summed E-state index contributed by atoms with van der Waals surface area (Å²) in [5.41, 5.74) is 1.61. The van der Waals surface area contributed by atoms with Gasteiger partial charge < -0.3 is 9.47 Å². The molecule has 0 N–H and O–H groups in total. The van der Waals surface area contributed by atoms with Gasteiger partial charge in [0.25, 0.3) is 0 Å². The van der Waals surface area contributed by atoms with E-state index in [-0.39, 0.29) is 11.7 Å². The molecule has 0 amide bonds. The highest BCUT2D eigenvalue weighted by atomic mass is 35.5. The van der Waals surface area contributed by atoms with Crippen LogP contribution >= 0.6 is 23.4 Å². The molecule has 0 bridgehead atoms. The van der Waals surface area contributed by atoms with E-state index in [0.29, 0.717) is 29.2 Å². The largest absolute Gasteiger partial charge is 0.459 e. The third kappa shape index (κ3) is 7.06. The van der Waals surface area contributed by atoms with Gasteiger partial charge in [0, 0.05) is 14.7 Å². The smallest absolute Gasteiger partial charge is 0.316 e. The van der Waals surface area contributed by atoms with E-state index in [0.717, 1.165) is 17.3 Å². The number of carbonyl (C=O) groups is 1. The van der Waals surface area contributed by atoms with Crippen LogP contribution in [0.2, 0.25) is 30.7 Å². The first kappa shape index (κ1) is 23.2. The van der Waals surface area contributed by atoms with Crippen molar-refractivity contribution in [3.63, 3.8) is 0 Å². The lowest BCUT2D eigenvalue weighted by Crippen LogP contribution is -2.25. The number of fused-ring (bicyclic) bond motifs is 1. The van der Waals surface area contributed by atoms with Gasteiger partial charge in [0.2, 0.25) is 0 Å². The molecule has 0 radical (unpaired) electrons. The summed E-state index contributed by atoms with van der Waals surface area (Å²) in [5.74, 6) is -0.111. The zero-order valence-electron chi connectivity index (χ0n) is 17.8. The van der Waals surface area contributed by atoms with Crippen LogP contribution < -0.4 is 0 Å². The fourth-order valence-electron chi connectivity index (χ4n) is 2.36. The van der Waals surface area contributed by atoms with Crippen LogP contribution in [0.1, 0.15) is 26.5 Å². The van der Waals surface area contributed by atoms with Crippen molar-refractivity contribution in [1.82, 2.24) is 14.5 Å².